The molecular formula is C13H23N5O2. The Labute approximate surface area is 118 Å². The van der Waals surface area contributed by atoms with Gasteiger partial charge in [0.2, 0.25) is 0 Å². The molecule has 0 aromatic carbocycles. The maximum atomic E-state index is 12.0. The van der Waals surface area contributed by atoms with Crippen molar-refractivity contribution in [2.24, 2.45) is 7.05 Å². The second-order valence-corrected chi connectivity index (χ2v) is 5.13. The number of hydrogen-bond donors (Lipinski definition) is 1. The third-order valence-electron chi connectivity index (χ3n) is 3.75. The van der Waals surface area contributed by atoms with Gasteiger partial charge in [-0.15, -0.1) is 0 Å². The minimum atomic E-state index is -0.0855. The lowest BCUT2D eigenvalue weighted by molar-refractivity contribution is 0.178. The molecule has 1 fully saturated rings. The van der Waals surface area contributed by atoms with E-state index in [0.717, 1.165) is 25.2 Å². The van der Waals surface area contributed by atoms with Crippen LogP contribution in [0, 0.1) is 0 Å². The number of rotatable bonds is 3. The highest BCUT2D eigenvalue weighted by atomic mass is 16.2. The topological polar surface area (TPSA) is 72.2 Å². The lowest BCUT2D eigenvalue weighted by atomic mass is 9.97. The Morgan fingerprint density at radius 3 is 2.85 bits per heavy atom. The zero-order chi connectivity index (χ0) is 14.7. The predicted octanol–water partition coefficient (Wildman–Crippen LogP) is 0.511. The normalized spacial score (nSPS) is 19.1. The first kappa shape index (κ1) is 14.6. The molecule has 1 aliphatic rings. The third kappa shape index (κ3) is 2.71. The summed E-state index contributed by atoms with van der Waals surface area (Å²) in [5, 5.41) is 7.18. The number of aryl methyl sites for hydroxylation is 1. The summed E-state index contributed by atoms with van der Waals surface area (Å²) in [7, 11) is 1.67. The summed E-state index contributed by atoms with van der Waals surface area (Å²) in [6, 6.07) is -0.0291. The number of piperidine rings is 1. The molecule has 0 bridgehead atoms. The Kier molecular flexibility index (Phi) is 4.46. The van der Waals surface area contributed by atoms with Crippen LogP contribution in [0.3, 0.4) is 0 Å². The molecule has 7 nitrogen and oxygen atoms in total. The van der Waals surface area contributed by atoms with Crippen LogP contribution in [0.15, 0.2) is 4.79 Å². The number of carbonyl (C=O) groups excluding carboxylic acids is 1. The van der Waals surface area contributed by atoms with Crippen LogP contribution in [-0.2, 0) is 13.6 Å². The van der Waals surface area contributed by atoms with Crippen LogP contribution in [0.5, 0.6) is 0 Å². The van der Waals surface area contributed by atoms with E-state index in [1.165, 1.54) is 4.68 Å². The Morgan fingerprint density at radius 2 is 2.20 bits per heavy atom. The molecule has 0 saturated carbocycles. The minimum Gasteiger partial charge on any atom is -0.338 e. The number of aromatic nitrogens is 3. The third-order valence-corrected chi connectivity index (χ3v) is 3.75. The van der Waals surface area contributed by atoms with E-state index in [9.17, 15) is 9.59 Å². The lowest BCUT2D eigenvalue weighted by Crippen LogP contribution is -2.45. The fourth-order valence-electron chi connectivity index (χ4n) is 2.76. The first-order valence-corrected chi connectivity index (χ1v) is 7.25. The maximum absolute atomic E-state index is 12.0. The van der Waals surface area contributed by atoms with Gasteiger partial charge in [0.15, 0.2) is 0 Å². The molecule has 1 aromatic rings. The standard InChI is InChI=1S/C13H23N5O2/c1-4-14-12(19)17-8-6-7-10(9-17)11-15-16(3)13(20)18(11)5-2/h10H,4-9H2,1-3H3,(H,14,19). The van der Waals surface area contributed by atoms with Gasteiger partial charge >= 0.3 is 11.7 Å². The molecule has 112 valence electrons. The Bertz CT molecular complexity index is 533. The summed E-state index contributed by atoms with van der Waals surface area (Å²) < 4.78 is 3.08. The molecule has 2 amide bonds. The van der Waals surface area contributed by atoms with Gasteiger partial charge in [0.25, 0.3) is 0 Å². The Balaban J connectivity index is 2.19. The van der Waals surface area contributed by atoms with E-state index in [-0.39, 0.29) is 17.6 Å². The van der Waals surface area contributed by atoms with E-state index >= 15 is 0 Å². The number of likely N-dealkylation sites (tertiary alicyclic amines) is 1. The number of nitrogens with one attached hydrogen (secondary N) is 1. The molecule has 2 rings (SSSR count). The average Bonchev–Trinajstić information content (AvgIpc) is 2.75. The van der Waals surface area contributed by atoms with Crippen molar-refractivity contribution in [2.45, 2.75) is 39.2 Å². The Hall–Kier alpha value is -1.79. The van der Waals surface area contributed by atoms with E-state index in [1.54, 1.807) is 11.6 Å². The molecule has 1 aromatic heterocycles. The van der Waals surface area contributed by atoms with Crippen LogP contribution < -0.4 is 11.0 Å². The van der Waals surface area contributed by atoms with Crippen molar-refractivity contribution in [3.63, 3.8) is 0 Å². The molecular weight excluding hydrogens is 258 g/mol. The van der Waals surface area contributed by atoms with Gasteiger partial charge in [0.1, 0.15) is 5.82 Å². The highest BCUT2D eigenvalue weighted by Crippen LogP contribution is 2.24. The maximum Gasteiger partial charge on any atom is 0.345 e. The van der Waals surface area contributed by atoms with Gasteiger partial charge in [0, 0.05) is 39.1 Å². The fourth-order valence-corrected chi connectivity index (χ4v) is 2.76. The van der Waals surface area contributed by atoms with E-state index in [0.29, 0.717) is 19.6 Å². The molecule has 2 heterocycles. The number of amides is 2. The fraction of sp³-hybridized carbons (Fsp3) is 0.769. The average molecular weight is 281 g/mol. The van der Waals surface area contributed by atoms with Crippen molar-refractivity contribution >= 4 is 6.03 Å². The number of urea groups is 1. The number of carbonyl (C=O) groups is 1. The number of nitrogens with zero attached hydrogens (tertiary/aromatic N) is 4. The van der Waals surface area contributed by atoms with Crippen molar-refractivity contribution in [2.75, 3.05) is 19.6 Å². The van der Waals surface area contributed by atoms with Crippen molar-refractivity contribution in [1.82, 2.24) is 24.6 Å². The van der Waals surface area contributed by atoms with E-state index < -0.39 is 0 Å². The van der Waals surface area contributed by atoms with Crippen molar-refractivity contribution in [3.8, 4) is 0 Å². The SMILES string of the molecule is CCNC(=O)N1CCCC(c2nn(C)c(=O)n2CC)C1. The van der Waals surface area contributed by atoms with Gasteiger partial charge in [-0.1, -0.05) is 0 Å². The van der Waals surface area contributed by atoms with Crippen LogP contribution in [0.4, 0.5) is 4.79 Å². The molecule has 0 aliphatic carbocycles. The molecule has 1 N–H and O–H groups in total. The molecule has 1 saturated heterocycles. The summed E-state index contributed by atoms with van der Waals surface area (Å²) in [6.45, 7) is 6.49. The monoisotopic (exact) mass is 281 g/mol. The first-order chi connectivity index (χ1) is 9.58. The smallest absolute Gasteiger partial charge is 0.338 e. The Morgan fingerprint density at radius 1 is 1.45 bits per heavy atom. The summed E-state index contributed by atoms with van der Waals surface area (Å²) in [4.78, 5) is 25.7. The predicted molar refractivity (Wildman–Crippen MR) is 75.8 cm³/mol. The zero-order valence-corrected chi connectivity index (χ0v) is 12.4. The van der Waals surface area contributed by atoms with Gasteiger partial charge in [-0.25, -0.2) is 14.3 Å². The van der Waals surface area contributed by atoms with Crippen LogP contribution in [0.25, 0.3) is 0 Å². The van der Waals surface area contributed by atoms with E-state index in [4.69, 9.17) is 0 Å². The summed E-state index contributed by atoms with van der Waals surface area (Å²) in [6.07, 6.45) is 1.91. The largest absolute Gasteiger partial charge is 0.345 e. The lowest BCUT2D eigenvalue weighted by Gasteiger charge is -2.32. The molecule has 1 aliphatic heterocycles. The van der Waals surface area contributed by atoms with Gasteiger partial charge in [0.05, 0.1) is 0 Å². The van der Waals surface area contributed by atoms with Crippen molar-refractivity contribution < 1.29 is 4.79 Å². The summed E-state index contributed by atoms with van der Waals surface area (Å²) in [5.74, 6) is 0.939. The highest BCUT2D eigenvalue weighted by molar-refractivity contribution is 5.74. The zero-order valence-electron chi connectivity index (χ0n) is 12.4. The second-order valence-electron chi connectivity index (χ2n) is 5.13. The van der Waals surface area contributed by atoms with Gasteiger partial charge in [-0.3, -0.25) is 4.57 Å². The quantitative estimate of drug-likeness (QED) is 0.877. The van der Waals surface area contributed by atoms with Gasteiger partial charge in [-0.05, 0) is 26.7 Å². The first-order valence-electron chi connectivity index (χ1n) is 7.25. The second kappa shape index (κ2) is 6.11. The summed E-state index contributed by atoms with van der Waals surface area (Å²) >= 11 is 0. The minimum absolute atomic E-state index is 0.0291. The number of hydrogen-bond acceptors (Lipinski definition) is 3. The van der Waals surface area contributed by atoms with E-state index in [1.807, 2.05) is 18.7 Å². The molecule has 1 unspecified atom stereocenters. The van der Waals surface area contributed by atoms with Crippen molar-refractivity contribution in [3.05, 3.63) is 16.3 Å². The molecule has 0 spiro atoms. The van der Waals surface area contributed by atoms with Gasteiger partial charge < -0.3 is 10.2 Å². The van der Waals surface area contributed by atoms with Gasteiger partial charge in [-0.2, -0.15) is 5.10 Å². The van der Waals surface area contributed by atoms with Crippen LogP contribution >= 0.6 is 0 Å². The van der Waals surface area contributed by atoms with E-state index in [2.05, 4.69) is 10.4 Å². The highest BCUT2D eigenvalue weighted by Gasteiger charge is 2.28. The van der Waals surface area contributed by atoms with Crippen LogP contribution in [-0.4, -0.2) is 44.9 Å². The van der Waals surface area contributed by atoms with Crippen LogP contribution in [0.1, 0.15) is 38.4 Å². The summed E-state index contributed by atoms with van der Waals surface area (Å²) in [5.41, 5.74) is -0.0855. The molecule has 1 atom stereocenters. The molecule has 20 heavy (non-hydrogen) atoms. The van der Waals surface area contributed by atoms with Crippen LogP contribution in [0.2, 0.25) is 0 Å². The molecule has 0 radical (unpaired) electrons. The van der Waals surface area contributed by atoms with Crippen molar-refractivity contribution in [1.29, 1.82) is 0 Å². The molecule has 7 heteroatoms.